The number of carbonyl (C=O) groups excluding carboxylic acids is 2. The van der Waals surface area contributed by atoms with Gasteiger partial charge in [0.05, 0.1) is 19.2 Å². The van der Waals surface area contributed by atoms with Crippen molar-refractivity contribution in [1.29, 1.82) is 0 Å². The number of methoxy groups -OCH3 is 1. The van der Waals surface area contributed by atoms with Crippen molar-refractivity contribution >= 4 is 11.9 Å². The number of esters is 1. The van der Waals surface area contributed by atoms with Gasteiger partial charge in [0.15, 0.2) is 5.82 Å². The molecule has 0 unspecified atom stereocenters. The fraction of sp³-hybridized carbons (Fsp3) is 0.556. The normalized spacial score (nSPS) is 13.8. The molecule has 1 amide bonds. The molecule has 0 atom stereocenters. The summed E-state index contributed by atoms with van der Waals surface area (Å²) in [7, 11) is 3.06. The van der Waals surface area contributed by atoms with Crippen LogP contribution in [0.3, 0.4) is 0 Å². The van der Waals surface area contributed by atoms with E-state index in [0.29, 0.717) is 29.1 Å². The molecule has 1 aliphatic rings. The molecule has 0 saturated carbocycles. The number of carbonyl (C=O) groups is 2. The monoisotopic (exact) mass is 359 g/mol. The number of aromatic nitrogens is 4. The molecule has 140 valence electrons. The number of hydrogen-bond acceptors (Lipinski definition) is 5. The van der Waals surface area contributed by atoms with Crippen LogP contribution in [-0.2, 0) is 24.2 Å². The van der Waals surface area contributed by atoms with E-state index in [1.165, 1.54) is 13.5 Å². The van der Waals surface area contributed by atoms with Gasteiger partial charge < -0.3 is 19.2 Å². The van der Waals surface area contributed by atoms with Gasteiger partial charge in [-0.2, -0.15) is 0 Å². The summed E-state index contributed by atoms with van der Waals surface area (Å²) in [6.45, 7) is 4.78. The predicted octanol–water partition coefficient (Wildman–Crippen LogP) is 2.01. The van der Waals surface area contributed by atoms with Gasteiger partial charge in [-0.3, -0.25) is 4.79 Å². The van der Waals surface area contributed by atoms with Crippen LogP contribution in [0.5, 0.6) is 0 Å². The number of nitrogens with zero attached hydrogens (tertiary/aromatic N) is 4. The Hall–Kier alpha value is -2.64. The van der Waals surface area contributed by atoms with Gasteiger partial charge in [0.1, 0.15) is 11.5 Å². The quantitative estimate of drug-likeness (QED) is 0.843. The molecule has 0 fully saturated rings. The second-order valence-corrected chi connectivity index (χ2v) is 6.77. The number of ether oxygens (including phenoxy) is 1. The summed E-state index contributed by atoms with van der Waals surface area (Å²) < 4.78 is 6.93. The van der Waals surface area contributed by atoms with Crippen molar-refractivity contribution in [3.05, 3.63) is 34.2 Å². The van der Waals surface area contributed by atoms with E-state index in [9.17, 15) is 9.59 Å². The van der Waals surface area contributed by atoms with Gasteiger partial charge in [0.25, 0.3) is 5.91 Å². The van der Waals surface area contributed by atoms with E-state index in [1.807, 2.05) is 0 Å². The third-order valence-corrected chi connectivity index (χ3v) is 4.95. The Balaban J connectivity index is 1.81. The van der Waals surface area contributed by atoms with Crippen molar-refractivity contribution in [2.24, 2.45) is 0 Å². The lowest BCUT2D eigenvalue weighted by molar-refractivity contribution is 0.0599. The second-order valence-electron chi connectivity index (χ2n) is 6.77. The first-order valence-electron chi connectivity index (χ1n) is 8.88. The maximum absolute atomic E-state index is 12.9. The number of aryl methyl sites for hydroxylation is 2. The van der Waals surface area contributed by atoms with Crippen LogP contribution >= 0.6 is 0 Å². The molecule has 8 heteroatoms. The Labute approximate surface area is 152 Å². The highest BCUT2D eigenvalue weighted by Crippen LogP contribution is 2.21. The topological polar surface area (TPSA) is 93.1 Å². The number of hydrogen-bond donors (Lipinski definition) is 1. The molecule has 26 heavy (non-hydrogen) atoms. The van der Waals surface area contributed by atoms with Crippen molar-refractivity contribution in [2.45, 2.75) is 52.6 Å². The van der Waals surface area contributed by atoms with Crippen molar-refractivity contribution in [3.8, 4) is 0 Å². The Bertz CT molecular complexity index is 836. The van der Waals surface area contributed by atoms with Crippen LogP contribution in [0.4, 0.5) is 0 Å². The second kappa shape index (κ2) is 7.31. The molecular formula is C18H25N5O3. The number of nitrogens with one attached hydrogen (secondary N) is 1. The first-order chi connectivity index (χ1) is 12.4. The molecule has 1 N–H and O–H groups in total. The molecule has 3 heterocycles. The molecule has 0 saturated heterocycles. The molecule has 2 aromatic heterocycles. The number of aromatic amines is 1. The third kappa shape index (κ3) is 3.23. The lowest BCUT2D eigenvalue weighted by Gasteiger charge is -2.17. The van der Waals surface area contributed by atoms with Gasteiger partial charge in [-0.05, 0) is 32.3 Å². The van der Waals surface area contributed by atoms with Gasteiger partial charge in [-0.1, -0.05) is 6.42 Å². The number of rotatable bonds is 4. The van der Waals surface area contributed by atoms with Crippen LogP contribution in [0.25, 0.3) is 0 Å². The summed E-state index contributed by atoms with van der Waals surface area (Å²) in [6.07, 6.45) is 4.36. The Morgan fingerprint density at radius 3 is 2.73 bits per heavy atom. The highest BCUT2D eigenvalue weighted by molar-refractivity contribution is 6.00. The highest BCUT2D eigenvalue weighted by Gasteiger charge is 2.25. The molecular weight excluding hydrogens is 334 g/mol. The van der Waals surface area contributed by atoms with Crippen LogP contribution in [0, 0.1) is 13.8 Å². The van der Waals surface area contributed by atoms with Gasteiger partial charge in [-0.15, -0.1) is 10.2 Å². The molecule has 1 aliphatic heterocycles. The number of H-pyrrole nitrogens is 1. The molecule has 0 aliphatic carbocycles. The maximum Gasteiger partial charge on any atom is 0.339 e. The molecule has 0 radical (unpaired) electrons. The third-order valence-electron chi connectivity index (χ3n) is 4.95. The lowest BCUT2D eigenvalue weighted by atomic mass is 10.1. The van der Waals surface area contributed by atoms with Gasteiger partial charge >= 0.3 is 5.97 Å². The zero-order valence-corrected chi connectivity index (χ0v) is 15.8. The van der Waals surface area contributed by atoms with E-state index in [2.05, 4.69) is 19.7 Å². The summed E-state index contributed by atoms with van der Waals surface area (Å²) in [6, 6.07) is 0. The number of fused-ring (bicyclic) bond motifs is 1. The van der Waals surface area contributed by atoms with Crippen LogP contribution in [-0.4, -0.2) is 50.7 Å². The van der Waals surface area contributed by atoms with Crippen molar-refractivity contribution in [1.82, 2.24) is 24.6 Å². The van der Waals surface area contributed by atoms with E-state index >= 15 is 0 Å². The van der Waals surface area contributed by atoms with Crippen LogP contribution in [0.15, 0.2) is 0 Å². The van der Waals surface area contributed by atoms with Crippen molar-refractivity contribution < 1.29 is 14.3 Å². The Morgan fingerprint density at radius 2 is 2.00 bits per heavy atom. The minimum absolute atomic E-state index is 0.188. The van der Waals surface area contributed by atoms with Crippen LogP contribution in [0.2, 0.25) is 0 Å². The zero-order valence-electron chi connectivity index (χ0n) is 15.8. The zero-order chi connectivity index (χ0) is 18.8. The van der Waals surface area contributed by atoms with E-state index < -0.39 is 5.97 Å². The largest absolute Gasteiger partial charge is 0.465 e. The minimum Gasteiger partial charge on any atom is -0.465 e. The summed E-state index contributed by atoms with van der Waals surface area (Å²) >= 11 is 0. The Morgan fingerprint density at radius 1 is 1.23 bits per heavy atom. The van der Waals surface area contributed by atoms with E-state index in [4.69, 9.17) is 4.74 Å². The van der Waals surface area contributed by atoms with Crippen molar-refractivity contribution in [3.63, 3.8) is 0 Å². The summed E-state index contributed by atoms with van der Waals surface area (Å²) in [5.74, 6) is 1.16. The van der Waals surface area contributed by atoms with Gasteiger partial charge in [0.2, 0.25) is 0 Å². The summed E-state index contributed by atoms with van der Waals surface area (Å²) in [5.41, 5.74) is 2.05. The molecule has 2 aromatic rings. The molecule has 0 bridgehead atoms. The van der Waals surface area contributed by atoms with E-state index in [-0.39, 0.29) is 5.91 Å². The Kier molecular flexibility index (Phi) is 5.11. The molecule has 0 aromatic carbocycles. The average molecular weight is 359 g/mol. The van der Waals surface area contributed by atoms with Gasteiger partial charge in [0, 0.05) is 25.7 Å². The minimum atomic E-state index is -0.444. The highest BCUT2D eigenvalue weighted by atomic mass is 16.5. The smallest absolute Gasteiger partial charge is 0.339 e. The predicted molar refractivity (Wildman–Crippen MR) is 95.0 cm³/mol. The standard InChI is InChI=1S/C18H25N5O3/c1-11-15(18(25)26-4)12(2)19-16(11)17(24)22(3)10-14-21-20-13-8-6-5-7-9-23(13)14/h19H,5-10H2,1-4H3. The fourth-order valence-electron chi connectivity index (χ4n) is 3.51. The van der Waals surface area contributed by atoms with Gasteiger partial charge in [-0.25, -0.2) is 4.79 Å². The molecule has 0 spiro atoms. The van der Waals surface area contributed by atoms with E-state index in [0.717, 1.165) is 37.5 Å². The summed E-state index contributed by atoms with van der Waals surface area (Å²) in [4.78, 5) is 29.4. The first kappa shape index (κ1) is 18.2. The SMILES string of the molecule is COC(=O)c1c(C)[nH]c(C(=O)N(C)Cc2nnc3n2CCCCC3)c1C. The fourth-order valence-corrected chi connectivity index (χ4v) is 3.51. The van der Waals surface area contributed by atoms with Crippen molar-refractivity contribution in [2.75, 3.05) is 14.2 Å². The maximum atomic E-state index is 12.9. The van der Waals surface area contributed by atoms with Crippen LogP contribution in [0.1, 0.15) is 63.0 Å². The molecule has 8 nitrogen and oxygen atoms in total. The molecule has 3 rings (SSSR count). The average Bonchev–Trinajstić information content (AvgIpc) is 3.03. The van der Waals surface area contributed by atoms with E-state index in [1.54, 1.807) is 25.8 Å². The van der Waals surface area contributed by atoms with Crippen LogP contribution < -0.4 is 0 Å². The summed E-state index contributed by atoms with van der Waals surface area (Å²) in [5, 5.41) is 8.55. The lowest BCUT2D eigenvalue weighted by Crippen LogP contribution is -2.28. The first-order valence-corrected chi connectivity index (χ1v) is 8.88. The number of amides is 1.